The summed E-state index contributed by atoms with van der Waals surface area (Å²) in [6.45, 7) is 53.6. The molecule has 1 saturated heterocycles. The van der Waals surface area contributed by atoms with Crippen molar-refractivity contribution in [2.75, 3.05) is 6.61 Å². The van der Waals surface area contributed by atoms with Crippen molar-refractivity contribution in [2.24, 2.45) is 11.8 Å². The van der Waals surface area contributed by atoms with Gasteiger partial charge < -0.3 is 16.8 Å². The minimum absolute atomic E-state index is 0.213. The summed E-state index contributed by atoms with van der Waals surface area (Å²) in [6.07, 6.45) is -1.09. The maximum atomic E-state index is 16.6. The molecule has 11 heteroatoms. The van der Waals surface area contributed by atoms with E-state index in [4.69, 9.17) is 25.8 Å². The summed E-state index contributed by atoms with van der Waals surface area (Å²) in [5, 5.41) is 3.72. The van der Waals surface area contributed by atoms with Crippen LogP contribution >= 0.6 is 16.5 Å². The minimum atomic E-state index is -2.43. The van der Waals surface area contributed by atoms with Crippen LogP contribution in [-0.2, 0) is 52.9 Å². The van der Waals surface area contributed by atoms with Gasteiger partial charge >= 0.3 is 16.5 Å². The van der Waals surface area contributed by atoms with E-state index >= 15 is 9.59 Å². The second-order valence-corrected chi connectivity index (χ2v) is 37.6. The molecule has 496 valence electrons. The van der Waals surface area contributed by atoms with Crippen molar-refractivity contribution in [2.45, 2.75) is 233 Å². The molecule has 0 spiro atoms. The van der Waals surface area contributed by atoms with Crippen molar-refractivity contribution >= 4 is 72.2 Å². The minimum Gasteiger partial charge on any atom is -0.399 e. The van der Waals surface area contributed by atoms with Gasteiger partial charge in [-0.2, -0.15) is 0 Å². The molecule has 1 aliphatic heterocycles. The average Bonchev–Trinajstić information content (AvgIpc) is 1.43. The van der Waals surface area contributed by atoms with Gasteiger partial charge in [0.05, 0.1) is 24.5 Å². The molecule has 13 rings (SSSR count). The Labute approximate surface area is 561 Å². The van der Waals surface area contributed by atoms with Gasteiger partial charge in [0.2, 0.25) is 11.8 Å². The summed E-state index contributed by atoms with van der Waals surface area (Å²) >= 11 is 0. The van der Waals surface area contributed by atoms with Crippen LogP contribution in [0.1, 0.15) is 256 Å². The van der Waals surface area contributed by atoms with E-state index in [1.165, 1.54) is 27.2 Å². The van der Waals surface area contributed by atoms with Crippen LogP contribution in [-0.4, -0.2) is 29.4 Å². The van der Waals surface area contributed by atoms with Gasteiger partial charge in [-0.3, -0.25) is 23.5 Å². The fraction of sp³-hybridized carbons (Fsp3) is 0.470. The number of likely N-dealkylation sites (tertiary alicyclic amines) is 1. The molecular formula is C83H101NO8P2. The number of rotatable bonds is 8. The highest BCUT2D eigenvalue weighted by molar-refractivity contribution is 7.32. The summed E-state index contributed by atoms with van der Waals surface area (Å²) in [5.41, 5.74) is 14.1. The van der Waals surface area contributed by atoms with Crippen molar-refractivity contribution in [3.8, 4) is 0 Å². The molecule has 3 aliphatic carbocycles. The molecule has 9 nitrogen and oxygen atoms in total. The molecule has 2 amide bonds. The molecule has 4 atom stereocenters. The van der Waals surface area contributed by atoms with Gasteiger partial charge in [0, 0.05) is 55.6 Å². The van der Waals surface area contributed by atoms with Crippen molar-refractivity contribution in [1.29, 1.82) is 0 Å². The molecular weight excluding hydrogens is 1200 g/mol. The molecule has 3 heterocycles. The van der Waals surface area contributed by atoms with Crippen LogP contribution < -0.4 is 9.05 Å². The van der Waals surface area contributed by atoms with Gasteiger partial charge in [0.25, 0.3) is 0 Å². The van der Waals surface area contributed by atoms with E-state index in [-0.39, 0.29) is 62.7 Å². The number of amides is 2. The Hall–Kier alpha value is -6.60. The molecule has 1 fully saturated rings. The Morgan fingerprint density at radius 1 is 0.372 bits per heavy atom. The Kier molecular flexibility index (Phi) is 16.5. The zero-order chi connectivity index (χ0) is 68.3. The van der Waals surface area contributed by atoms with Gasteiger partial charge in [0.15, 0.2) is 0 Å². The van der Waals surface area contributed by atoms with Crippen molar-refractivity contribution in [1.82, 2.24) is 4.90 Å². The lowest BCUT2D eigenvalue weighted by Gasteiger charge is -2.45. The van der Waals surface area contributed by atoms with Crippen LogP contribution in [0.25, 0.3) is 43.9 Å². The number of fused-ring (bicyclic) bond motifs is 6. The molecule has 0 N–H and O–H groups in total. The molecule has 9 aromatic rings. The van der Waals surface area contributed by atoms with Gasteiger partial charge in [-0.25, -0.2) is 0 Å². The van der Waals surface area contributed by atoms with E-state index in [0.717, 1.165) is 66.1 Å². The molecule has 0 saturated carbocycles. The van der Waals surface area contributed by atoms with E-state index in [1.807, 2.05) is 30.3 Å². The number of benzene rings is 7. The van der Waals surface area contributed by atoms with Crippen LogP contribution in [0.4, 0.5) is 0 Å². The Morgan fingerprint density at radius 2 is 0.649 bits per heavy atom. The standard InChI is InChI=1S/C83H101NO8P2/c1-76(2,3)48-38-56-57-39-49(77(4,5)6)43-61(81(16,17)18)71(57)90-93(89-70(56)60(42-48)80(13,14)15)87-46-64(84-74(85)67-65-52-34-28-29-35-53(52)66(68(67)75(84)86)55-37-31-30-36-54(55)65)69(47-32-26-25-27-33-47)88-94-91-72-58(40-50(78(7,8)9)44-62(72)82(19,20)21)59-41-51(79(10,11)12)45-63(73(59)92-94)83(22,23)24/h25-45,64-69H,46H2,1-24H3/t64-,65?,66?,67?,68?,69-/m0/s1. The topological polar surface area (TPSA) is 108 Å². The van der Waals surface area contributed by atoms with Crippen LogP contribution in [0.3, 0.4) is 0 Å². The highest BCUT2D eigenvalue weighted by atomic mass is 31.1. The molecule has 94 heavy (non-hydrogen) atoms. The lowest BCUT2D eigenvalue weighted by Crippen LogP contribution is -2.49. The normalized spacial score (nSPS) is 18.7. The largest absolute Gasteiger partial charge is 0.399 e. The fourth-order valence-electron chi connectivity index (χ4n) is 14.7. The Morgan fingerprint density at radius 3 is 0.926 bits per heavy atom. The quantitative estimate of drug-likeness (QED) is 0.138. The van der Waals surface area contributed by atoms with Gasteiger partial charge in [0.1, 0.15) is 28.4 Å². The lowest BCUT2D eigenvalue weighted by atomic mass is 9.55. The summed E-state index contributed by atoms with van der Waals surface area (Å²) in [7, 11) is -4.79. The third-order valence-corrected chi connectivity index (χ3v) is 22.2. The van der Waals surface area contributed by atoms with Crippen LogP contribution in [0, 0.1) is 11.8 Å². The highest BCUT2D eigenvalue weighted by Crippen LogP contribution is 2.62. The maximum absolute atomic E-state index is 16.6. The second-order valence-electron chi connectivity index (χ2n) is 35.5. The molecule has 0 radical (unpaired) electrons. The fourth-order valence-corrected chi connectivity index (χ4v) is 17.0. The monoisotopic (exact) mass is 1300 g/mol. The van der Waals surface area contributed by atoms with Crippen LogP contribution in [0.5, 0.6) is 0 Å². The smallest absolute Gasteiger partial charge is 0.388 e. The highest BCUT2D eigenvalue weighted by Gasteiger charge is 2.63. The Bertz CT molecular complexity index is 4280. The first-order valence-electron chi connectivity index (χ1n) is 34.0. The SMILES string of the molecule is CC(C)(C)c1cc(C(C)(C)C)c2op(OC[C@@H]([C@@H](Op3oc4c(C(C)(C)C)cc(C(C)(C)C)cc4c4cc(C(C)(C)C)cc(C(C)(C)C)c4o3)c3ccccc3)N3C(=O)C4C5c6ccccc6C(c6ccccc65)C4C3=O)oc3c(C(C)(C)C)cc(C(C)(C)C)cc3c2c1. The Balaban J connectivity index is 1.16. The maximum Gasteiger partial charge on any atom is 0.388 e. The summed E-state index contributed by atoms with van der Waals surface area (Å²) in [6, 6.07) is 43.9. The molecule has 2 bridgehead atoms. The molecule has 2 aromatic heterocycles. The van der Waals surface area contributed by atoms with Crippen LogP contribution in [0.2, 0.25) is 0 Å². The van der Waals surface area contributed by atoms with E-state index in [9.17, 15) is 0 Å². The molecule has 7 aromatic carbocycles. The third-order valence-electron chi connectivity index (χ3n) is 20.1. The number of hydrogen-bond donors (Lipinski definition) is 0. The number of carbonyl (C=O) groups excluding carboxylic acids is 2. The first-order chi connectivity index (χ1) is 43.5. The number of carbonyl (C=O) groups is 2. The van der Waals surface area contributed by atoms with E-state index in [2.05, 4.69) is 263 Å². The summed E-state index contributed by atoms with van der Waals surface area (Å²) in [4.78, 5) is 34.7. The van der Waals surface area contributed by atoms with Crippen molar-refractivity contribution < 1.29 is 35.4 Å². The van der Waals surface area contributed by atoms with E-state index in [0.29, 0.717) is 27.9 Å². The second kappa shape index (κ2) is 23.0. The predicted molar refractivity (Wildman–Crippen MR) is 389 cm³/mol. The van der Waals surface area contributed by atoms with E-state index < -0.39 is 51.3 Å². The predicted octanol–water partition coefficient (Wildman–Crippen LogP) is 22.8. The van der Waals surface area contributed by atoms with E-state index in [1.54, 1.807) is 0 Å². The zero-order valence-electron chi connectivity index (χ0n) is 60.4. The summed E-state index contributed by atoms with van der Waals surface area (Å²) in [5.74, 6) is -2.64. The van der Waals surface area contributed by atoms with Crippen molar-refractivity contribution in [3.05, 3.63) is 200 Å². The van der Waals surface area contributed by atoms with Gasteiger partial charge in [-0.15, -0.1) is 0 Å². The van der Waals surface area contributed by atoms with Gasteiger partial charge in [-0.1, -0.05) is 269 Å². The molecule has 2 unspecified atom stereocenters. The van der Waals surface area contributed by atoms with Crippen LogP contribution in [0.15, 0.2) is 144 Å². The lowest BCUT2D eigenvalue weighted by molar-refractivity contribution is -0.145. The number of imide groups is 1. The number of hydrogen-bond acceptors (Lipinski definition) is 8. The number of nitrogens with zero attached hydrogens (tertiary/aromatic N) is 1. The first kappa shape index (κ1) is 67.4. The first-order valence-corrected chi connectivity index (χ1v) is 36.2. The third kappa shape index (κ3) is 12.1. The van der Waals surface area contributed by atoms with Crippen molar-refractivity contribution in [3.63, 3.8) is 0 Å². The average molecular weight is 1300 g/mol. The summed E-state index contributed by atoms with van der Waals surface area (Å²) < 4.78 is 45.5. The zero-order valence-corrected chi connectivity index (χ0v) is 62.2. The van der Waals surface area contributed by atoms with Gasteiger partial charge in [-0.05, 0) is 118 Å². The molecule has 4 aliphatic rings.